The molecule has 0 aliphatic carbocycles. The first-order valence-electron chi connectivity index (χ1n) is 8.91. The van der Waals surface area contributed by atoms with Gasteiger partial charge >= 0.3 is 5.69 Å². The minimum atomic E-state index is -3.35. The Labute approximate surface area is 167 Å². The summed E-state index contributed by atoms with van der Waals surface area (Å²) in [7, 11) is -3.35. The topological polar surface area (TPSA) is 94.2 Å². The molecule has 148 valence electrons. The number of benzene rings is 2. The van der Waals surface area contributed by atoms with E-state index in [-0.39, 0.29) is 17.3 Å². The predicted octanol–water partition coefficient (Wildman–Crippen LogP) is 2.65. The zero-order valence-corrected chi connectivity index (χ0v) is 16.7. The fraction of sp³-hybridized carbons (Fsp3) is 0.143. The molecule has 0 aliphatic heterocycles. The van der Waals surface area contributed by atoms with Gasteiger partial charge in [0.1, 0.15) is 0 Å². The van der Waals surface area contributed by atoms with Crippen LogP contribution in [-0.4, -0.2) is 33.9 Å². The van der Waals surface area contributed by atoms with Crippen LogP contribution in [0.3, 0.4) is 0 Å². The van der Waals surface area contributed by atoms with E-state index in [1.165, 1.54) is 33.4 Å². The van der Waals surface area contributed by atoms with E-state index in [9.17, 15) is 18.3 Å². The summed E-state index contributed by atoms with van der Waals surface area (Å²) in [6.45, 7) is 1.94. The summed E-state index contributed by atoms with van der Waals surface area (Å²) >= 11 is 0. The Hall–Kier alpha value is -3.39. The van der Waals surface area contributed by atoms with Crippen LogP contribution in [0.2, 0.25) is 0 Å². The molecule has 7 nitrogen and oxygen atoms in total. The molecule has 8 heteroatoms. The molecule has 4 rings (SSSR count). The monoisotopic (exact) mass is 409 g/mol. The molecule has 0 atom stereocenters. The standard InChI is InChI=1S/C21H19N3O4S/c1-14-20(25)24(16-7-9-17(10-8-16)29(2,27)28)21(26)23(14)13-15-11-12-22-19-6-4-3-5-18(15)19/h3-12,25H,13H2,1-2H3. The van der Waals surface area contributed by atoms with E-state index in [1.54, 1.807) is 13.1 Å². The molecule has 0 bridgehead atoms. The zero-order valence-electron chi connectivity index (χ0n) is 15.9. The molecule has 0 radical (unpaired) electrons. The molecule has 0 spiro atoms. The number of imidazole rings is 1. The van der Waals surface area contributed by atoms with Crippen LogP contribution >= 0.6 is 0 Å². The van der Waals surface area contributed by atoms with Crippen molar-refractivity contribution in [2.75, 3.05) is 6.26 Å². The van der Waals surface area contributed by atoms with Gasteiger partial charge in [-0.3, -0.25) is 9.55 Å². The molecule has 0 unspecified atom stereocenters. The van der Waals surface area contributed by atoms with Gasteiger partial charge in [-0.15, -0.1) is 0 Å². The molecule has 4 aromatic rings. The van der Waals surface area contributed by atoms with Gasteiger partial charge < -0.3 is 5.11 Å². The number of fused-ring (bicyclic) bond motifs is 1. The number of aromatic hydroxyl groups is 1. The van der Waals surface area contributed by atoms with Gasteiger partial charge in [0.05, 0.1) is 28.3 Å². The number of rotatable bonds is 4. The Morgan fingerprint density at radius 2 is 1.72 bits per heavy atom. The predicted molar refractivity (Wildman–Crippen MR) is 110 cm³/mol. The van der Waals surface area contributed by atoms with Gasteiger partial charge in [0, 0.05) is 17.8 Å². The van der Waals surface area contributed by atoms with Crippen LogP contribution in [0.15, 0.2) is 70.5 Å². The van der Waals surface area contributed by atoms with E-state index < -0.39 is 15.5 Å². The van der Waals surface area contributed by atoms with Crippen molar-refractivity contribution < 1.29 is 13.5 Å². The van der Waals surface area contributed by atoms with Crippen LogP contribution in [-0.2, 0) is 16.4 Å². The Morgan fingerprint density at radius 3 is 2.41 bits per heavy atom. The van der Waals surface area contributed by atoms with Crippen molar-refractivity contribution >= 4 is 20.7 Å². The first-order chi connectivity index (χ1) is 13.8. The van der Waals surface area contributed by atoms with Crippen LogP contribution in [0.4, 0.5) is 0 Å². The maximum Gasteiger partial charge on any atom is 0.336 e. The number of sulfone groups is 1. The van der Waals surface area contributed by atoms with Crippen molar-refractivity contribution in [2.45, 2.75) is 18.4 Å². The molecule has 2 heterocycles. The second-order valence-electron chi connectivity index (χ2n) is 6.87. The first-order valence-corrected chi connectivity index (χ1v) is 10.8. The van der Waals surface area contributed by atoms with Crippen molar-refractivity contribution in [2.24, 2.45) is 0 Å². The van der Waals surface area contributed by atoms with Gasteiger partial charge in [-0.2, -0.15) is 0 Å². The zero-order chi connectivity index (χ0) is 20.8. The first kappa shape index (κ1) is 18.9. The second kappa shape index (κ2) is 6.89. The van der Waals surface area contributed by atoms with E-state index in [4.69, 9.17) is 0 Å². The van der Waals surface area contributed by atoms with E-state index in [1.807, 2.05) is 30.3 Å². The Bertz CT molecular complexity index is 1380. The second-order valence-corrected chi connectivity index (χ2v) is 8.88. The molecule has 1 N–H and O–H groups in total. The molecule has 2 aromatic carbocycles. The lowest BCUT2D eigenvalue weighted by molar-refractivity contribution is 0.436. The molecular formula is C21H19N3O4S. The number of para-hydroxylation sites is 1. The fourth-order valence-electron chi connectivity index (χ4n) is 3.36. The lowest BCUT2D eigenvalue weighted by Gasteiger charge is -2.07. The molecule has 29 heavy (non-hydrogen) atoms. The van der Waals surface area contributed by atoms with E-state index in [0.717, 1.165) is 22.7 Å². The summed E-state index contributed by atoms with van der Waals surface area (Å²) in [6.07, 6.45) is 2.81. The molecule has 2 aromatic heterocycles. The molecule has 0 saturated carbocycles. The summed E-state index contributed by atoms with van der Waals surface area (Å²) in [4.78, 5) is 17.5. The van der Waals surface area contributed by atoms with Crippen LogP contribution < -0.4 is 5.69 Å². The number of pyridine rings is 1. The number of hydrogen-bond donors (Lipinski definition) is 1. The summed E-state index contributed by atoms with van der Waals surface area (Å²) in [5.74, 6) is -0.180. The molecule has 0 amide bonds. The summed E-state index contributed by atoms with van der Waals surface area (Å²) in [6, 6.07) is 15.3. The van der Waals surface area contributed by atoms with Gasteiger partial charge in [0.25, 0.3) is 0 Å². The van der Waals surface area contributed by atoms with Gasteiger partial charge in [0.2, 0.25) is 5.88 Å². The molecule has 0 aliphatic rings. The van der Waals surface area contributed by atoms with E-state index in [2.05, 4.69) is 4.98 Å². The summed E-state index contributed by atoms with van der Waals surface area (Å²) in [5.41, 5.74) is 2.14. The quantitative estimate of drug-likeness (QED) is 0.559. The van der Waals surface area contributed by atoms with Crippen LogP contribution in [0.25, 0.3) is 16.6 Å². The van der Waals surface area contributed by atoms with Crippen molar-refractivity contribution in [1.29, 1.82) is 0 Å². The lowest BCUT2D eigenvalue weighted by atomic mass is 10.1. The highest BCUT2D eigenvalue weighted by Gasteiger charge is 2.19. The van der Waals surface area contributed by atoms with Crippen LogP contribution in [0, 0.1) is 6.92 Å². The van der Waals surface area contributed by atoms with E-state index in [0.29, 0.717) is 11.4 Å². The third kappa shape index (κ3) is 3.31. The average Bonchev–Trinajstić information content (AvgIpc) is 2.91. The van der Waals surface area contributed by atoms with Gasteiger partial charge in [-0.05, 0) is 48.9 Å². The largest absolute Gasteiger partial charge is 0.493 e. The molecule has 0 saturated heterocycles. The fourth-order valence-corrected chi connectivity index (χ4v) is 3.99. The highest BCUT2D eigenvalue weighted by molar-refractivity contribution is 7.90. The third-order valence-electron chi connectivity index (χ3n) is 4.95. The molecular weight excluding hydrogens is 390 g/mol. The van der Waals surface area contributed by atoms with Gasteiger partial charge in [-0.1, -0.05) is 18.2 Å². The van der Waals surface area contributed by atoms with Crippen LogP contribution in [0.1, 0.15) is 11.3 Å². The smallest absolute Gasteiger partial charge is 0.336 e. The third-order valence-corrected chi connectivity index (χ3v) is 6.08. The normalized spacial score (nSPS) is 11.8. The number of nitrogens with zero attached hydrogens (tertiary/aromatic N) is 3. The summed E-state index contributed by atoms with van der Waals surface area (Å²) in [5, 5.41) is 11.5. The lowest BCUT2D eigenvalue weighted by Crippen LogP contribution is -2.24. The Kier molecular flexibility index (Phi) is 4.50. The van der Waals surface area contributed by atoms with Gasteiger partial charge in [0.15, 0.2) is 9.84 Å². The van der Waals surface area contributed by atoms with E-state index >= 15 is 0 Å². The maximum absolute atomic E-state index is 13.1. The maximum atomic E-state index is 13.1. The van der Waals surface area contributed by atoms with Crippen LogP contribution in [0.5, 0.6) is 5.88 Å². The Balaban J connectivity index is 1.80. The molecule has 0 fully saturated rings. The van der Waals surface area contributed by atoms with Gasteiger partial charge in [-0.25, -0.2) is 17.8 Å². The number of aromatic nitrogens is 3. The Morgan fingerprint density at radius 1 is 1.03 bits per heavy atom. The highest BCUT2D eigenvalue weighted by Crippen LogP contribution is 2.23. The van der Waals surface area contributed by atoms with Crippen molar-refractivity contribution in [3.63, 3.8) is 0 Å². The van der Waals surface area contributed by atoms with Crippen molar-refractivity contribution in [3.8, 4) is 11.6 Å². The summed E-state index contributed by atoms with van der Waals surface area (Å²) < 4.78 is 26.0. The minimum absolute atomic E-state index is 0.146. The van der Waals surface area contributed by atoms with Crippen molar-refractivity contribution in [3.05, 3.63) is 82.5 Å². The minimum Gasteiger partial charge on any atom is -0.493 e. The SMILES string of the molecule is Cc1c(O)n(-c2ccc(S(C)(=O)=O)cc2)c(=O)n1Cc1ccnc2ccccc12. The highest BCUT2D eigenvalue weighted by atomic mass is 32.2. The number of hydrogen-bond acceptors (Lipinski definition) is 5. The average molecular weight is 409 g/mol. The van der Waals surface area contributed by atoms with Crippen molar-refractivity contribution in [1.82, 2.24) is 14.1 Å².